The lowest BCUT2D eigenvalue weighted by atomic mass is 10.5. The number of allylic oxidation sites excluding steroid dienone is 1. The average molecular weight is 148 g/mol. The van der Waals surface area contributed by atoms with Crippen LogP contribution in [0.4, 0.5) is 0 Å². The van der Waals surface area contributed by atoms with Gasteiger partial charge in [0.1, 0.15) is 5.03 Å². The summed E-state index contributed by atoms with van der Waals surface area (Å²) in [5, 5.41) is 0.264. The Morgan fingerprint density at radius 3 is 2.11 bits per heavy atom. The number of rotatable bonds is 1. The van der Waals surface area contributed by atoms with Gasteiger partial charge in [0, 0.05) is 14.1 Å². The summed E-state index contributed by atoms with van der Waals surface area (Å²) in [6, 6.07) is 0. The van der Waals surface area contributed by atoms with Gasteiger partial charge in [-0.05, 0) is 6.92 Å². The van der Waals surface area contributed by atoms with Gasteiger partial charge in [0.25, 0.3) is 5.91 Å². The molecule has 0 bridgehead atoms. The zero-order valence-corrected chi connectivity index (χ0v) is 6.57. The quantitative estimate of drug-likeness (QED) is 0.511. The minimum atomic E-state index is -0.154. The summed E-state index contributed by atoms with van der Waals surface area (Å²) in [6.45, 7) is 1.73. The minimum absolute atomic E-state index is 0.154. The SMILES string of the molecule is C/C=C(\Cl)C(=O)N(C)C. The zero-order chi connectivity index (χ0) is 7.44. The minimum Gasteiger partial charge on any atom is -0.344 e. The van der Waals surface area contributed by atoms with Crippen LogP contribution in [0.1, 0.15) is 6.92 Å². The molecule has 52 valence electrons. The summed E-state index contributed by atoms with van der Waals surface area (Å²) in [5.41, 5.74) is 0. The highest BCUT2D eigenvalue weighted by molar-refractivity contribution is 6.41. The van der Waals surface area contributed by atoms with Gasteiger partial charge in [0.15, 0.2) is 0 Å². The highest BCUT2D eigenvalue weighted by Crippen LogP contribution is 2.02. The number of carbonyl (C=O) groups is 1. The summed E-state index contributed by atoms with van der Waals surface area (Å²) in [7, 11) is 3.32. The Morgan fingerprint density at radius 1 is 1.56 bits per heavy atom. The highest BCUT2D eigenvalue weighted by Gasteiger charge is 2.05. The normalized spacial score (nSPS) is 11.3. The molecule has 0 N–H and O–H groups in total. The molecule has 0 unspecified atom stereocenters. The predicted molar refractivity (Wildman–Crippen MR) is 38.3 cm³/mol. The van der Waals surface area contributed by atoms with Crippen molar-refractivity contribution < 1.29 is 4.79 Å². The van der Waals surface area contributed by atoms with Crippen molar-refractivity contribution in [3.05, 3.63) is 11.1 Å². The van der Waals surface area contributed by atoms with E-state index < -0.39 is 0 Å². The van der Waals surface area contributed by atoms with E-state index in [4.69, 9.17) is 11.6 Å². The molecule has 0 heterocycles. The molecule has 0 aromatic rings. The topological polar surface area (TPSA) is 20.3 Å². The van der Waals surface area contributed by atoms with Gasteiger partial charge in [0.2, 0.25) is 0 Å². The Bertz CT molecular complexity index is 140. The van der Waals surface area contributed by atoms with E-state index in [-0.39, 0.29) is 10.9 Å². The molecule has 2 nitrogen and oxygen atoms in total. The largest absolute Gasteiger partial charge is 0.344 e. The van der Waals surface area contributed by atoms with Crippen LogP contribution in [0.3, 0.4) is 0 Å². The molecule has 0 rings (SSSR count). The second-order valence-corrected chi connectivity index (χ2v) is 2.24. The number of nitrogens with zero attached hydrogens (tertiary/aromatic N) is 1. The van der Waals surface area contributed by atoms with E-state index in [1.165, 1.54) is 4.90 Å². The molecule has 1 amide bonds. The van der Waals surface area contributed by atoms with Crippen LogP contribution in [-0.2, 0) is 4.79 Å². The molecule has 0 aromatic carbocycles. The molecule has 0 aromatic heterocycles. The maximum atomic E-state index is 10.8. The van der Waals surface area contributed by atoms with Crippen LogP contribution in [0, 0.1) is 0 Å². The smallest absolute Gasteiger partial charge is 0.264 e. The van der Waals surface area contributed by atoms with Crippen LogP contribution in [0.15, 0.2) is 11.1 Å². The second-order valence-electron chi connectivity index (χ2n) is 1.84. The van der Waals surface area contributed by atoms with E-state index in [0.29, 0.717) is 0 Å². The van der Waals surface area contributed by atoms with Gasteiger partial charge < -0.3 is 4.90 Å². The maximum absolute atomic E-state index is 10.8. The van der Waals surface area contributed by atoms with Gasteiger partial charge in [-0.1, -0.05) is 17.7 Å². The second kappa shape index (κ2) is 3.51. The van der Waals surface area contributed by atoms with Crippen LogP contribution < -0.4 is 0 Å². The molecule has 0 saturated heterocycles. The molecule has 0 spiro atoms. The van der Waals surface area contributed by atoms with Crippen LogP contribution in [0.2, 0.25) is 0 Å². The van der Waals surface area contributed by atoms with Crippen LogP contribution in [-0.4, -0.2) is 24.9 Å². The monoisotopic (exact) mass is 147 g/mol. The number of likely N-dealkylation sites (N-methyl/N-ethyl adjacent to an activating group) is 1. The molecule has 0 atom stereocenters. The van der Waals surface area contributed by atoms with Gasteiger partial charge >= 0.3 is 0 Å². The van der Waals surface area contributed by atoms with E-state index >= 15 is 0 Å². The molecule has 0 saturated carbocycles. The van der Waals surface area contributed by atoms with Crippen LogP contribution in [0.5, 0.6) is 0 Å². The first-order valence-corrected chi connectivity index (χ1v) is 3.01. The molecule has 0 aliphatic carbocycles. The predicted octanol–water partition coefficient (Wildman–Crippen LogP) is 1.22. The van der Waals surface area contributed by atoms with E-state index in [1.807, 2.05) is 0 Å². The van der Waals surface area contributed by atoms with E-state index in [0.717, 1.165) is 0 Å². The molecule has 3 heteroatoms. The first kappa shape index (κ1) is 8.50. The first-order chi connectivity index (χ1) is 4.09. The first-order valence-electron chi connectivity index (χ1n) is 2.63. The fourth-order valence-corrected chi connectivity index (χ4v) is 0.506. The van der Waals surface area contributed by atoms with Crippen molar-refractivity contribution in [2.75, 3.05) is 14.1 Å². The average Bonchev–Trinajstić information content (AvgIpc) is 1.84. The summed E-state index contributed by atoms with van der Waals surface area (Å²) in [5.74, 6) is -0.154. The van der Waals surface area contributed by atoms with Crippen molar-refractivity contribution >= 4 is 17.5 Å². The summed E-state index contributed by atoms with van der Waals surface area (Å²) >= 11 is 5.48. The van der Waals surface area contributed by atoms with E-state index in [2.05, 4.69) is 0 Å². The van der Waals surface area contributed by atoms with Crippen LogP contribution >= 0.6 is 11.6 Å². The molecular formula is C6H10ClNO. The lowest BCUT2D eigenvalue weighted by molar-refractivity contribution is -0.124. The third-order valence-electron chi connectivity index (χ3n) is 0.864. The third-order valence-corrected chi connectivity index (χ3v) is 1.24. The third kappa shape index (κ3) is 2.51. The van der Waals surface area contributed by atoms with Gasteiger partial charge in [-0.3, -0.25) is 4.79 Å². The molecule has 9 heavy (non-hydrogen) atoms. The Balaban J connectivity index is 4.06. The number of amides is 1. The molecule has 0 fully saturated rings. The van der Waals surface area contributed by atoms with Crippen molar-refractivity contribution in [3.63, 3.8) is 0 Å². The van der Waals surface area contributed by atoms with Gasteiger partial charge in [-0.25, -0.2) is 0 Å². The number of hydrogen-bond acceptors (Lipinski definition) is 1. The lowest BCUT2D eigenvalue weighted by Gasteiger charge is -2.07. The van der Waals surface area contributed by atoms with E-state index in [9.17, 15) is 4.79 Å². The fourth-order valence-electron chi connectivity index (χ4n) is 0.337. The van der Waals surface area contributed by atoms with Crippen molar-refractivity contribution in [3.8, 4) is 0 Å². The van der Waals surface area contributed by atoms with E-state index in [1.54, 1.807) is 27.1 Å². The Morgan fingerprint density at radius 2 is 2.00 bits per heavy atom. The number of carbonyl (C=O) groups excluding carboxylic acids is 1. The Hall–Kier alpha value is -0.500. The molecule has 0 aliphatic rings. The Labute approximate surface area is 60.1 Å². The summed E-state index contributed by atoms with van der Waals surface area (Å²) in [6.07, 6.45) is 1.57. The highest BCUT2D eigenvalue weighted by atomic mass is 35.5. The number of hydrogen-bond donors (Lipinski definition) is 0. The van der Waals surface area contributed by atoms with Gasteiger partial charge in [-0.2, -0.15) is 0 Å². The zero-order valence-electron chi connectivity index (χ0n) is 5.81. The van der Waals surface area contributed by atoms with Crippen LogP contribution in [0.25, 0.3) is 0 Å². The summed E-state index contributed by atoms with van der Waals surface area (Å²) < 4.78 is 0. The van der Waals surface area contributed by atoms with Gasteiger partial charge in [0.05, 0.1) is 0 Å². The van der Waals surface area contributed by atoms with Crippen molar-refractivity contribution in [2.24, 2.45) is 0 Å². The lowest BCUT2D eigenvalue weighted by Crippen LogP contribution is -2.21. The summed E-state index contributed by atoms with van der Waals surface area (Å²) in [4.78, 5) is 12.2. The Kier molecular flexibility index (Phi) is 3.32. The standard InChI is InChI=1S/C6H10ClNO/c1-4-5(7)6(9)8(2)3/h4H,1-3H3/b5-4-. The maximum Gasteiger partial charge on any atom is 0.264 e. The number of halogens is 1. The molecule has 0 radical (unpaired) electrons. The van der Waals surface area contributed by atoms with Crippen molar-refractivity contribution in [1.29, 1.82) is 0 Å². The van der Waals surface area contributed by atoms with Crippen molar-refractivity contribution in [2.45, 2.75) is 6.92 Å². The van der Waals surface area contributed by atoms with Gasteiger partial charge in [-0.15, -0.1) is 0 Å². The molecular weight excluding hydrogens is 138 g/mol. The van der Waals surface area contributed by atoms with Crippen molar-refractivity contribution in [1.82, 2.24) is 4.90 Å². The molecule has 0 aliphatic heterocycles. The fraction of sp³-hybridized carbons (Fsp3) is 0.500.